The van der Waals surface area contributed by atoms with Crippen molar-refractivity contribution in [1.82, 2.24) is 0 Å². The van der Waals surface area contributed by atoms with Crippen molar-refractivity contribution in [2.24, 2.45) is 0 Å². The minimum atomic E-state index is -6.20. The molecule has 0 bridgehead atoms. The first-order valence-electron chi connectivity index (χ1n) is 6.67. The summed E-state index contributed by atoms with van der Waals surface area (Å²) in [5.41, 5.74) is -8.22. The number of methoxy groups -OCH3 is 1. The van der Waals surface area contributed by atoms with Gasteiger partial charge in [0.2, 0.25) is 0 Å². The molecule has 9 heteroatoms. The Morgan fingerprint density at radius 1 is 1.00 bits per heavy atom. The Morgan fingerprint density at radius 3 is 1.83 bits per heavy atom. The molecule has 0 heterocycles. The molecule has 1 aromatic carbocycles. The molecular weight excluding hydrogens is 345 g/mol. The molecule has 0 radical (unpaired) electrons. The first-order chi connectivity index (χ1) is 10.7. The van der Waals surface area contributed by atoms with Crippen molar-refractivity contribution in [3.05, 3.63) is 35.4 Å². The van der Waals surface area contributed by atoms with E-state index in [1.54, 1.807) is 0 Å². The molecule has 0 aliphatic rings. The molecule has 24 heavy (non-hydrogen) atoms. The summed E-state index contributed by atoms with van der Waals surface area (Å²) in [6.45, 7) is 1.96. The average Bonchev–Trinajstić information content (AvgIpc) is 2.44. The zero-order valence-electron chi connectivity index (χ0n) is 13.0. The number of alkyl halides is 7. The summed E-state index contributed by atoms with van der Waals surface area (Å²) < 4.78 is 95.8. The molecule has 0 spiro atoms. The third-order valence-electron chi connectivity index (χ3n) is 3.81. The van der Waals surface area contributed by atoms with Crippen LogP contribution in [0.1, 0.15) is 36.2 Å². The summed E-state index contributed by atoms with van der Waals surface area (Å²) in [4.78, 5) is 11.6. The van der Waals surface area contributed by atoms with E-state index in [-0.39, 0.29) is 11.1 Å². The second-order valence-corrected chi connectivity index (χ2v) is 5.51. The lowest BCUT2D eigenvalue weighted by molar-refractivity contribution is -0.353. The maximum absolute atomic E-state index is 14.1. The Bertz CT molecular complexity index is 593. The SMILES string of the molecule is COC(C)(CC(F)(C(F)(F)F)C(F)(F)F)c1ccccc1C(C)=O. The van der Waals surface area contributed by atoms with Crippen LogP contribution in [0.5, 0.6) is 0 Å². The smallest absolute Gasteiger partial charge is 0.374 e. The molecule has 0 amide bonds. The minimum absolute atomic E-state index is 0.145. The van der Waals surface area contributed by atoms with E-state index in [0.717, 1.165) is 27.0 Å². The lowest BCUT2D eigenvalue weighted by Gasteiger charge is -2.38. The number of hydrogen-bond donors (Lipinski definition) is 0. The van der Waals surface area contributed by atoms with Crippen molar-refractivity contribution in [3.63, 3.8) is 0 Å². The Morgan fingerprint density at radius 2 is 1.46 bits per heavy atom. The summed E-state index contributed by atoms with van der Waals surface area (Å²) in [7, 11) is 0.851. The van der Waals surface area contributed by atoms with E-state index in [9.17, 15) is 35.5 Å². The lowest BCUT2D eigenvalue weighted by Crippen LogP contribution is -2.56. The topological polar surface area (TPSA) is 26.3 Å². The first-order valence-corrected chi connectivity index (χ1v) is 6.67. The van der Waals surface area contributed by atoms with Crippen molar-refractivity contribution in [2.75, 3.05) is 7.11 Å². The number of rotatable bonds is 5. The number of ketones is 1. The van der Waals surface area contributed by atoms with Gasteiger partial charge in [-0.3, -0.25) is 4.79 Å². The predicted octanol–water partition coefficient (Wildman–Crippen LogP) is 4.97. The molecule has 0 fully saturated rings. The third-order valence-corrected chi connectivity index (χ3v) is 3.81. The fourth-order valence-electron chi connectivity index (χ4n) is 2.35. The molecule has 1 rings (SSSR count). The summed E-state index contributed by atoms with van der Waals surface area (Å²) in [5.74, 6) is -0.600. The Kier molecular flexibility index (Phi) is 5.39. The van der Waals surface area contributed by atoms with E-state index >= 15 is 0 Å². The van der Waals surface area contributed by atoms with E-state index in [4.69, 9.17) is 4.74 Å². The van der Waals surface area contributed by atoms with Gasteiger partial charge in [-0.1, -0.05) is 24.3 Å². The summed E-state index contributed by atoms with van der Waals surface area (Å²) in [6, 6.07) is 5.04. The number of carbonyl (C=O) groups is 1. The maximum atomic E-state index is 14.1. The van der Waals surface area contributed by atoms with Gasteiger partial charge >= 0.3 is 18.0 Å². The van der Waals surface area contributed by atoms with Gasteiger partial charge in [-0.15, -0.1) is 0 Å². The largest absolute Gasteiger partial charge is 0.431 e. The van der Waals surface area contributed by atoms with Gasteiger partial charge in [0.1, 0.15) is 0 Å². The number of Topliss-reactive ketones (excluding diaryl/α,β-unsaturated/α-hetero) is 1. The number of benzene rings is 1. The zero-order chi connectivity index (χ0) is 19.0. The molecule has 1 unspecified atom stereocenters. The zero-order valence-corrected chi connectivity index (χ0v) is 13.0. The van der Waals surface area contributed by atoms with Crippen molar-refractivity contribution < 1.29 is 40.3 Å². The fraction of sp³-hybridized carbons (Fsp3) is 0.533. The standard InChI is InChI=1S/C15H15F7O2/c1-9(23)10-6-4-5-7-11(10)12(2,24-3)8-13(16,14(17,18)19)15(20,21)22/h4-7H,8H2,1-3H3. The highest BCUT2D eigenvalue weighted by atomic mass is 19.4. The van der Waals surface area contributed by atoms with E-state index < -0.39 is 35.8 Å². The van der Waals surface area contributed by atoms with Crippen LogP contribution in [0, 0.1) is 0 Å². The van der Waals surface area contributed by atoms with Gasteiger partial charge in [0.25, 0.3) is 0 Å². The monoisotopic (exact) mass is 360 g/mol. The molecule has 136 valence electrons. The van der Waals surface area contributed by atoms with Gasteiger partial charge < -0.3 is 4.74 Å². The van der Waals surface area contributed by atoms with E-state index in [2.05, 4.69) is 0 Å². The highest BCUT2D eigenvalue weighted by Crippen LogP contribution is 2.52. The van der Waals surface area contributed by atoms with Crippen molar-refractivity contribution >= 4 is 5.78 Å². The number of ether oxygens (including phenoxy) is 1. The van der Waals surface area contributed by atoms with Crippen LogP contribution in [0.15, 0.2) is 24.3 Å². The van der Waals surface area contributed by atoms with Crippen LogP contribution in [0.3, 0.4) is 0 Å². The highest BCUT2D eigenvalue weighted by molar-refractivity contribution is 5.95. The van der Waals surface area contributed by atoms with Gasteiger partial charge in [0, 0.05) is 19.1 Å². The Hall–Kier alpha value is -1.64. The number of carbonyl (C=O) groups excluding carboxylic acids is 1. The van der Waals surface area contributed by atoms with Crippen molar-refractivity contribution in [2.45, 2.75) is 43.9 Å². The molecule has 0 saturated heterocycles. The summed E-state index contributed by atoms with van der Waals surface area (Å²) in [5, 5.41) is 0. The van der Waals surface area contributed by atoms with Crippen LogP contribution < -0.4 is 0 Å². The summed E-state index contributed by atoms with van der Waals surface area (Å²) >= 11 is 0. The lowest BCUT2D eigenvalue weighted by atomic mass is 9.80. The molecule has 1 aromatic rings. The fourth-order valence-corrected chi connectivity index (χ4v) is 2.35. The van der Waals surface area contributed by atoms with Crippen molar-refractivity contribution in [1.29, 1.82) is 0 Å². The van der Waals surface area contributed by atoms with Crippen LogP contribution >= 0.6 is 0 Å². The quantitative estimate of drug-likeness (QED) is 0.547. The molecule has 2 nitrogen and oxygen atoms in total. The van der Waals surface area contributed by atoms with Crippen molar-refractivity contribution in [3.8, 4) is 0 Å². The number of halogens is 7. The third kappa shape index (κ3) is 3.55. The molecule has 0 aliphatic carbocycles. The van der Waals surface area contributed by atoms with E-state index in [0.29, 0.717) is 0 Å². The van der Waals surface area contributed by atoms with Gasteiger partial charge in [-0.2, -0.15) is 26.3 Å². The minimum Gasteiger partial charge on any atom is -0.374 e. The van der Waals surface area contributed by atoms with Gasteiger partial charge in [0.15, 0.2) is 5.78 Å². The number of hydrogen-bond acceptors (Lipinski definition) is 2. The van der Waals surface area contributed by atoms with E-state index in [1.165, 1.54) is 18.2 Å². The van der Waals surface area contributed by atoms with E-state index in [1.807, 2.05) is 0 Å². The second-order valence-electron chi connectivity index (χ2n) is 5.51. The molecule has 0 N–H and O–H groups in total. The maximum Gasteiger partial charge on any atom is 0.431 e. The molecule has 0 aliphatic heterocycles. The average molecular weight is 360 g/mol. The Balaban J connectivity index is 3.52. The molecule has 0 aromatic heterocycles. The normalized spacial score (nSPS) is 15.9. The predicted molar refractivity (Wildman–Crippen MR) is 71.4 cm³/mol. The second kappa shape index (κ2) is 6.34. The van der Waals surface area contributed by atoms with Crippen LogP contribution in [0.25, 0.3) is 0 Å². The molecular formula is C15H15F7O2. The first kappa shape index (κ1) is 20.4. The molecule has 1 atom stereocenters. The van der Waals surface area contributed by atoms with Crippen LogP contribution in [-0.4, -0.2) is 30.9 Å². The van der Waals surface area contributed by atoms with Gasteiger partial charge in [0.05, 0.1) is 5.60 Å². The van der Waals surface area contributed by atoms with Crippen LogP contribution in [-0.2, 0) is 10.3 Å². The molecule has 0 saturated carbocycles. The Labute approximate surface area is 133 Å². The van der Waals surface area contributed by atoms with Gasteiger partial charge in [-0.25, -0.2) is 4.39 Å². The van der Waals surface area contributed by atoms with Gasteiger partial charge in [-0.05, 0) is 19.4 Å². The highest BCUT2D eigenvalue weighted by Gasteiger charge is 2.74. The van der Waals surface area contributed by atoms with Crippen LogP contribution in [0.2, 0.25) is 0 Å². The summed E-state index contributed by atoms with van der Waals surface area (Å²) in [6.07, 6.45) is -14.5. The van der Waals surface area contributed by atoms with Crippen LogP contribution in [0.4, 0.5) is 30.7 Å².